The van der Waals surface area contributed by atoms with Gasteiger partial charge in [-0.05, 0) is 19.3 Å². The van der Waals surface area contributed by atoms with Crippen LogP contribution in [0.15, 0.2) is 0 Å². The second-order valence-electron chi connectivity index (χ2n) is 2.81. The van der Waals surface area contributed by atoms with Crippen LogP contribution in [0.5, 0.6) is 0 Å². The highest BCUT2D eigenvalue weighted by molar-refractivity contribution is 5.91. The molecule has 2 heteroatoms. The van der Waals surface area contributed by atoms with Crippen LogP contribution in [0.2, 0.25) is 0 Å². The molecule has 1 aliphatic rings. The van der Waals surface area contributed by atoms with Crippen molar-refractivity contribution in [2.45, 2.75) is 31.3 Å². The normalized spacial score (nSPS) is 31.5. The highest BCUT2D eigenvalue weighted by atomic mass is 16.5. The minimum Gasteiger partial charge on any atom is -0.358 e. The number of ether oxygens (including phenoxy) is 1. The molecule has 0 saturated heterocycles. The summed E-state index contributed by atoms with van der Waals surface area (Å²) in [5.41, 5.74) is -0.891. The topological polar surface area (TPSA) is 26.3 Å². The van der Waals surface area contributed by atoms with Gasteiger partial charge >= 0.3 is 0 Å². The van der Waals surface area contributed by atoms with Gasteiger partial charge < -0.3 is 4.74 Å². The SMILES string of the molecule is C#CC1(OC)CCCCC1=O. The maximum atomic E-state index is 11.3. The molecule has 1 saturated carbocycles. The van der Waals surface area contributed by atoms with Crippen molar-refractivity contribution in [1.82, 2.24) is 0 Å². The molecule has 1 atom stereocenters. The molecule has 1 aliphatic carbocycles. The molecule has 0 heterocycles. The quantitative estimate of drug-likeness (QED) is 0.527. The third kappa shape index (κ3) is 1.29. The van der Waals surface area contributed by atoms with Crippen molar-refractivity contribution in [1.29, 1.82) is 0 Å². The monoisotopic (exact) mass is 152 g/mol. The van der Waals surface area contributed by atoms with Crippen LogP contribution in [0, 0.1) is 12.3 Å². The average Bonchev–Trinajstić information content (AvgIpc) is 2.06. The van der Waals surface area contributed by atoms with Gasteiger partial charge in [-0.25, -0.2) is 0 Å². The Labute approximate surface area is 66.9 Å². The van der Waals surface area contributed by atoms with E-state index in [-0.39, 0.29) is 5.78 Å². The van der Waals surface area contributed by atoms with Gasteiger partial charge in [-0.1, -0.05) is 5.92 Å². The van der Waals surface area contributed by atoms with E-state index in [1.165, 1.54) is 7.11 Å². The van der Waals surface area contributed by atoms with Crippen molar-refractivity contribution in [2.24, 2.45) is 0 Å². The molecule has 0 aromatic rings. The molecule has 1 fully saturated rings. The highest BCUT2D eigenvalue weighted by Gasteiger charge is 2.37. The van der Waals surface area contributed by atoms with E-state index in [0.29, 0.717) is 12.8 Å². The zero-order chi connectivity index (χ0) is 8.32. The summed E-state index contributed by atoms with van der Waals surface area (Å²) in [6.45, 7) is 0. The molecule has 0 bridgehead atoms. The Balaban J connectivity index is 2.80. The second-order valence-corrected chi connectivity index (χ2v) is 2.81. The molecule has 0 aromatic carbocycles. The molecule has 60 valence electrons. The summed E-state index contributed by atoms with van der Waals surface area (Å²) in [5.74, 6) is 2.51. The lowest BCUT2D eigenvalue weighted by molar-refractivity contribution is -0.137. The fourth-order valence-electron chi connectivity index (χ4n) is 1.43. The Morgan fingerprint density at radius 2 is 2.36 bits per heavy atom. The van der Waals surface area contributed by atoms with Crippen LogP contribution in [-0.4, -0.2) is 18.5 Å². The number of terminal acetylenes is 1. The Hall–Kier alpha value is -0.810. The van der Waals surface area contributed by atoms with Crippen molar-refractivity contribution >= 4 is 5.78 Å². The summed E-state index contributed by atoms with van der Waals surface area (Å²) >= 11 is 0. The molecule has 1 rings (SSSR count). The maximum absolute atomic E-state index is 11.3. The number of ketones is 1. The van der Waals surface area contributed by atoms with E-state index in [2.05, 4.69) is 5.92 Å². The lowest BCUT2D eigenvalue weighted by atomic mass is 9.84. The molecule has 0 aliphatic heterocycles. The van der Waals surface area contributed by atoms with Crippen LogP contribution < -0.4 is 0 Å². The van der Waals surface area contributed by atoms with Crippen molar-refractivity contribution in [2.75, 3.05) is 7.11 Å². The van der Waals surface area contributed by atoms with Gasteiger partial charge in [0.15, 0.2) is 11.4 Å². The fourth-order valence-corrected chi connectivity index (χ4v) is 1.43. The molecule has 2 nitrogen and oxygen atoms in total. The lowest BCUT2D eigenvalue weighted by Gasteiger charge is -2.28. The van der Waals surface area contributed by atoms with E-state index in [4.69, 9.17) is 11.2 Å². The summed E-state index contributed by atoms with van der Waals surface area (Å²) in [4.78, 5) is 11.3. The van der Waals surface area contributed by atoms with Crippen molar-refractivity contribution in [3.8, 4) is 12.3 Å². The summed E-state index contributed by atoms with van der Waals surface area (Å²) in [7, 11) is 1.50. The van der Waals surface area contributed by atoms with Crippen LogP contribution in [-0.2, 0) is 9.53 Å². The predicted molar refractivity (Wildman–Crippen MR) is 42.0 cm³/mol. The van der Waals surface area contributed by atoms with Gasteiger partial charge in [0.05, 0.1) is 0 Å². The van der Waals surface area contributed by atoms with Crippen LogP contribution in [0.1, 0.15) is 25.7 Å². The molecule has 11 heavy (non-hydrogen) atoms. The Kier molecular flexibility index (Phi) is 2.31. The Bertz CT molecular complexity index is 202. The van der Waals surface area contributed by atoms with Crippen LogP contribution in [0.25, 0.3) is 0 Å². The largest absolute Gasteiger partial charge is 0.358 e. The van der Waals surface area contributed by atoms with E-state index in [0.717, 1.165) is 12.8 Å². The standard InChI is InChI=1S/C9H12O2/c1-3-9(11-2)7-5-4-6-8(9)10/h1H,4-7H2,2H3. The molecule has 0 amide bonds. The summed E-state index contributed by atoms with van der Waals surface area (Å²) in [6.07, 6.45) is 8.43. The fraction of sp³-hybridized carbons (Fsp3) is 0.667. The molecule has 1 unspecified atom stereocenters. The maximum Gasteiger partial charge on any atom is 0.186 e. The summed E-state index contributed by atoms with van der Waals surface area (Å²) in [6, 6.07) is 0. The van der Waals surface area contributed by atoms with Gasteiger partial charge in [0, 0.05) is 13.5 Å². The van der Waals surface area contributed by atoms with Crippen LogP contribution in [0.4, 0.5) is 0 Å². The highest BCUT2D eigenvalue weighted by Crippen LogP contribution is 2.26. The molecular weight excluding hydrogens is 140 g/mol. The summed E-state index contributed by atoms with van der Waals surface area (Å²) in [5, 5.41) is 0. The van der Waals surface area contributed by atoms with Gasteiger partial charge in [-0.2, -0.15) is 0 Å². The minimum atomic E-state index is -0.891. The number of hydrogen-bond donors (Lipinski definition) is 0. The summed E-state index contributed by atoms with van der Waals surface area (Å²) < 4.78 is 5.05. The zero-order valence-electron chi connectivity index (χ0n) is 6.72. The average molecular weight is 152 g/mol. The Morgan fingerprint density at radius 1 is 1.64 bits per heavy atom. The Morgan fingerprint density at radius 3 is 2.73 bits per heavy atom. The van der Waals surface area contributed by atoms with Gasteiger partial charge in [0.25, 0.3) is 0 Å². The number of methoxy groups -OCH3 is 1. The first kappa shape index (κ1) is 8.29. The van der Waals surface area contributed by atoms with Gasteiger partial charge in [0.1, 0.15) is 0 Å². The van der Waals surface area contributed by atoms with Crippen molar-refractivity contribution < 1.29 is 9.53 Å². The van der Waals surface area contributed by atoms with E-state index >= 15 is 0 Å². The van der Waals surface area contributed by atoms with Crippen molar-refractivity contribution in [3.05, 3.63) is 0 Å². The number of rotatable bonds is 1. The van der Waals surface area contributed by atoms with Gasteiger partial charge in [0.2, 0.25) is 0 Å². The van der Waals surface area contributed by atoms with E-state index in [1.807, 2.05) is 0 Å². The molecule has 0 N–H and O–H groups in total. The van der Waals surface area contributed by atoms with E-state index in [1.54, 1.807) is 0 Å². The zero-order valence-corrected chi connectivity index (χ0v) is 6.72. The van der Waals surface area contributed by atoms with E-state index in [9.17, 15) is 4.79 Å². The number of Topliss-reactive ketones (excluding diaryl/α,β-unsaturated/α-hetero) is 1. The van der Waals surface area contributed by atoms with Gasteiger partial charge in [-0.15, -0.1) is 6.42 Å². The van der Waals surface area contributed by atoms with Gasteiger partial charge in [-0.3, -0.25) is 4.79 Å². The lowest BCUT2D eigenvalue weighted by Crippen LogP contribution is -2.41. The second kappa shape index (κ2) is 3.06. The first-order chi connectivity index (χ1) is 5.25. The third-order valence-electron chi connectivity index (χ3n) is 2.21. The molecule has 0 aromatic heterocycles. The van der Waals surface area contributed by atoms with Crippen LogP contribution >= 0.6 is 0 Å². The smallest absolute Gasteiger partial charge is 0.186 e. The number of carbonyl (C=O) groups is 1. The first-order valence-corrected chi connectivity index (χ1v) is 3.81. The first-order valence-electron chi connectivity index (χ1n) is 3.81. The third-order valence-corrected chi connectivity index (χ3v) is 2.21. The molecular formula is C9H12O2. The number of carbonyl (C=O) groups excluding carboxylic acids is 1. The minimum absolute atomic E-state index is 0.0637. The number of hydrogen-bond acceptors (Lipinski definition) is 2. The molecule has 0 radical (unpaired) electrons. The predicted octanol–water partition coefficient (Wildman–Crippen LogP) is 1.15. The molecule has 0 spiro atoms. The van der Waals surface area contributed by atoms with Crippen molar-refractivity contribution in [3.63, 3.8) is 0 Å². The van der Waals surface area contributed by atoms with Crippen LogP contribution in [0.3, 0.4) is 0 Å². The van der Waals surface area contributed by atoms with E-state index < -0.39 is 5.60 Å².